The van der Waals surface area contributed by atoms with Gasteiger partial charge in [-0.25, -0.2) is 4.98 Å². The Bertz CT molecular complexity index is 597. The predicted molar refractivity (Wildman–Crippen MR) is 65.5 cm³/mol. The fourth-order valence-corrected chi connectivity index (χ4v) is 1.62. The number of nitrogen functional groups attached to an aromatic ring is 1. The average Bonchev–Trinajstić information content (AvgIpc) is 2.31. The zero-order valence-corrected chi connectivity index (χ0v) is 10.0. The van der Waals surface area contributed by atoms with Gasteiger partial charge in [0.15, 0.2) is 0 Å². The Kier molecular flexibility index (Phi) is 3.33. The molecular formula is C13H11F3N2O. The lowest BCUT2D eigenvalue weighted by molar-refractivity contribution is -0.274. The number of aryl methyl sites for hydroxylation is 1. The molecule has 1 heterocycles. The molecule has 1 aromatic heterocycles. The van der Waals surface area contributed by atoms with E-state index in [1.54, 1.807) is 19.1 Å². The highest BCUT2D eigenvalue weighted by Gasteiger charge is 2.31. The van der Waals surface area contributed by atoms with Gasteiger partial charge in [-0.3, -0.25) is 0 Å². The van der Waals surface area contributed by atoms with Crippen LogP contribution in [0.15, 0.2) is 36.5 Å². The molecule has 0 fully saturated rings. The Morgan fingerprint density at radius 2 is 1.89 bits per heavy atom. The largest absolute Gasteiger partial charge is 0.573 e. The Hall–Kier alpha value is -2.24. The van der Waals surface area contributed by atoms with Crippen LogP contribution in [0, 0.1) is 6.92 Å². The lowest BCUT2D eigenvalue weighted by atomic mass is 10.1. The number of alkyl halides is 3. The van der Waals surface area contributed by atoms with Gasteiger partial charge < -0.3 is 10.5 Å². The van der Waals surface area contributed by atoms with Crippen LogP contribution in [0.2, 0.25) is 0 Å². The first-order chi connectivity index (χ1) is 8.85. The lowest BCUT2D eigenvalue weighted by Crippen LogP contribution is -2.17. The Morgan fingerprint density at radius 1 is 1.16 bits per heavy atom. The second kappa shape index (κ2) is 4.79. The molecule has 100 valence electrons. The number of rotatable bonds is 2. The number of aromatic nitrogens is 1. The van der Waals surface area contributed by atoms with Crippen LogP contribution in [0.25, 0.3) is 11.1 Å². The highest BCUT2D eigenvalue weighted by atomic mass is 19.4. The van der Waals surface area contributed by atoms with Gasteiger partial charge in [-0.1, -0.05) is 12.1 Å². The zero-order valence-electron chi connectivity index (χ0n) is 10.0. The van der Waals surface area contributed by atoms with Gasteiger partial charge >= 0.3 is 6.36 Å². The summed E-state index contributed by atoms with van der Waals surface area (Å²) in [6, 6.07) is 7.47. The fourth-order valence-electron chi connectivity index (χ4n) is 1.62. The number of nitrogens with zero attached hydrogens (tertiary/aromatic N) is 1. The molecule has 0 aliphatic heterocycles. The van der Waals surface area contributed by atoms with Gasteiger partial charge in [0.2, 0.25) is 0 Å². The molecule has 3 nitrogen and oxygen atoms in total. The van der Waals surface area contributed by atoms with Crippen molar-refractivity contribution in [2.24, 2.45) is 0 Å². The maximum absolute atomic E-state index is 12.1. The smallest absolute Gasteiger partial charge is 0.406 e. The number of anilines is 1. The number of benzene rings is 1. The highest BCUT2D eigenvalue weighted by Crippen LogP contribution is 2.28. The van der Waals surface area contributed by atoms with Crippen molar-refractivity contribution < 1.29 is 17.9 Å². The molecule has 0 aliphatic carbocycles. The van der Waals surface area contributed by atoms with Crippen LogP contribution in [0.5, 0.6) is 5.75 Å². The van der Waals surface area contributed by atoms with E-state index >= 15 is 0 Å². The average molecular weight is 268 g/mol. The van der Waals surface area contributed by atoms with E-state index in [-0.39, 0.29) is 5.75 Å². The molecule has 0 amide bonds. The molecule has 0 bridgehead atoms. The molecule has 19 heavy (non-hydrogen) atoms. The molecule has 6 heteroatoms. The quantitative estimate of drug-likeness (QED) is 0.906. The van der Waals surface area contributed by atoms with E-state index in [0.29, 0.717) is 16.9 Å². The summed E-state index contributed by atoms with van der Waals surface area (Å²) in [6.07, 6.45) is -3.19. The SMILES string of the molecule is Cc1cc(-c2cccc(OC(F)(F)F)c2)cnc1N. The van der Waals surface area contributed by atoms with Gasteiger partial charge in [0, 0.05) is 11.8 Å². The lowest BCUT2D eigenvalue weighted by Gasteiger charge is -2.10. The van der Waals surface area contributed by atoms with Crippen molar-refractivity contribution in [1.82, 2.24) is 4.98 Å². The van der Waals surface area contributed by atoms with Crippen LogP contribution < -0.4 is 10.5 Å². The number of ether oxygens (including phenoxy) is 1. The maximum Gasteiger partial charge on any atom is 0.573 e. The van der Waals surface area contributed by atoms with E-state index in [1.807, 2.05) is 0 Å². The third-order valence-electron chi connectivity index (χ3n) is 2.52. The van der Waals surface area contributed by atoms with Gasteiger partial charge in [-0.15, -0.1) is 13.2 Å². The maximum atomic E-state index is 12.1. The van der Waals surface area contributed by atoms with Gasteiger partial charge in [0.1, 0.15) is 11.6 Å². The first-order valence-corrected chi connectivity index (χ1v) is 5.43. The topological polar surface area (TPSA) is 48.1 Å². The van der Waals surface area contributed by atoms with E-state index in [4.69, 9.17) is 5.73 Å². The number of hydrogen-bond acceptors (Lipinski definition) is 3. The van der Waals surface area contributed by atoms with Gasteiger partial charge in [-0.05, 0) is 36.2 Å². The standard InChI is InChI=1S/C13H11F3N2O/c1-8-5-10(7-18-12(8)17)9-3-2-4-11(6-9)19-13(14,15)16/h2-7H,1H3,(H2,17,18). The minimum Gasteiger partial charge on any atom is -0.406 e. The Morgan fingerprint density at radius 3 is 2.53 bits per heavy atom. The Labute approximate surface area is 107 Å². The predicted octanol–water partition coefficient (Wildman–Crippen LogP) is 3.54. The van der Waals surface area contributed by atoms with Gasteiger partial charge in [0.05, 0.1) is 0 Å². The van der Waals surface area contributed by atoms with Crippen LogP contribution in [-0.2, 0) is 0 Å². The van der Waals surface area contributed by atoms with Crippen molar-refractivity contribution in [3.63, 3.8) is 0 Å². The second-order valence-corrected chi connectivity index (χ2v) is 4.00. The van der Waals surface area contributed by atoms with Crippen LogP contribution >= 0.6 is 0 Å². The molecule has 0 aliphatic rings. The molecule has 0 saturated carbocycles. The van der Waals surface area contributed by atoms with Crippen LogP contribution in [0.4, 0.5) is 19.0 Å². The minimum atomic E-state index is -4.70. The van der Waals surface area contributed by atoms with E-state index in [9.17, 15) is 13.2 Å². The molecule has 0 unspecified atom stereocenters. The summed E-state index contributed by atoms with van der Waals surface area (Å²) < 4.78 is 40.3. The molecular weight excluding hydrogens is 257 g/mol. The van der Waals surface area contributed by atoms with Crippen LogP contribution in [0.3, 0.4) is 0 Å². The third-order valence-corrected chi connectivity index (χ3v) is 2.52. The van der Waals surface area contributed by atoms with E-state index in [1.165, 1.54) is 24.4 Å². The summed E-state index contributed by atoms with van der Waals surface area (Å²) in [5.41, 5.74) is 7.62. The number of nitrogens with two attached hydrogens (primary N) is 1. The summed E-state index contributed by atoms with van der Waals surface area (Å²) in [5, 5.41) is 0. The summed E-state index contributed by atoms with van der Waals surface area (Å²) in [6.45, 7) is 1.78. The van der Waals surface area contributed by atoms with Crippen LogP contribution in [-0.4, -0.2) is 11.3 Å². The van der Waals surface area contributed by atoms with Crippen LogP contribution in [0.1, 0.15) is 5.56 Å². The summed E-state index contributed by atoms with van der Waals surface area (Å²) in [5.74, 6) is 0.130. The van der Waals surface area contributed by atoms with E-state index < -0.39 is 6.36 Å². The Balaban J connectivity index is 2.35. The highest BCUT2D eigenvalue weighted by molar-refractivity contribution is 5.66. The zero-order chi connectivity index (χ0) is 14.0. The summed E-state index contributed by atoms with van der Waals surface area (Å²) in [4.78, 5) is 3.97. The second-order valence-electron chi connectivity index (χ2n) is 4.00. The van der Waals surface area contributed by atoms with Crippen molar-refractivity contribution >= 4 is 5.82 Å². The molecule has 0 radical (unpaired) electrons. The number of hydrogen-bond donors (Lipinski definition) is 1. The fraction of sp³-hybridized carbons (Fsp3) is 0.154. The monoisotopic (exact) mass is 268 g/mol. The van der Waals surface area contributed by atoms with E-state index in [0.717, 1.165) is 5.56 Å². The molecule has 1 aromatic carbocycles. The minimum absolute atomic E-state index is 0.264. The summed E-state index contributed by atoms with van der Waals surface area (Å²) in [7, 11) is 0. The van der Waals surface area contributed by atoms with Crippen molar-refractivity contribution in [2.45, 2.75) is 13.3 Å². The molecule has 2 N–H and O–H groups in total. The molecule has 0 saturated heterocycles. The van der Waals surface area contributed by atoms with Gasteiger partial charge in [-0.2, -0.15) is 0 Å². The molecule has 0 atom stereocenters. The summed E-state index contributed by atoms with van der Waals surface area (Å²) >= 11 is 0. The van der Waals surface area contributed by atoms with Crippen molar-refractivity contribution in [2.75, 3.05) is 5.73 Å². The van der Waals surface area contributed by atoms with Crippen molar-refractivity contribution in [3.05, 3.63) is 42.1 Å². The first-order valence-electron chi connectivity index (χ1n) is 5.43. The van der Waals surface area contributed by atoms with Crippen molar-refractivity contribution in [3.8, 4) is 16.9 Å². The first kappa shape index (κ1) is 13.2. The van der Waals surface area contributed by atoms with E-state index in [2.05, 4.69) is 9.72 Å². The molecule has 2 rings (SSSR count). The van der Waals surface area contributed by atoms with Crippen molar-refractivity contribution in [1.29, 1.82) is 0 Å². The molecule has 2 aromatic rings. The van der Waals surface area contributed by atoms with Gasteiger partial charge in [0.25, 0.3) is 0 Å². The molecule has 0 spiro atoms. The number of halogens is 3. The third kappa shape index (κ3) is 3.37. The normalized spacial score (nSPS) is 11.4. The number of pyridine rings is 1.